The predicted molar refractivity (Wildman–Crippen MR) is 93.0 cm³/mol. The van der Waals surface area contributed by atoms with E-state index in [2.05, 4.69) is 19.8 Å². The van der Waals surface area contributed by atoms with E-state index in [1.807, 2.05) is 37.3 Å². The highest BCUT2D eigenvalue weighted by Gasteiger charge is 2.41. The summed E-state index contributed by atoms with van der Waals surface area (Å²) in [6.45, 7) is 4.75. The number of rotatable bonds is 2. The average Bonchev–Trinajstić information content (AvgIpc) is 3.05. The van der Waals surface area contributed by atoms with Crippen molar-refractivity contribution < 1.29 is 4.79 Å². The minimum absolute atomic E-state index is 0.163. The molecular weight excluding hydrogens is 300 g/mol. The van der Waals surface area contributed by atoms with Crippen LogP contribution >= 0.6 is 0 Å². The van der Waals surface area contributed by atoms with Gasteiger partial charge in [-0.1, -0.05) is 17.7 Å². The van der Waals surface area contributed by atoms with Gasteiger partial charge in [0.15, 0.2) is 0 Å². The summed E-state index contributed by atoms with van der Waals surface area (Å²) in [5, 5.41) is 0. The first-order valence-electron chi connectivity index (χ1n) is 8.61. The van der Waals surface area contributed by atoms with Crippen LogP contribution in [-0.2, 0) is 0 Å². The molecule has 24 heavy (non-hydrogen) atoms. The van der Waals surface area contributed by atoms with E-state index >= 15 is 0 Å². The second-order valence-electron chi connectivity index (χ2n) is 6.79. The van der Waals surface area contributed by atoms with Crippen molar-refractivity contribution >= 4 is 11.7 Å². The van der Waals surface area contributed by atoms with Gasteiger partial charge in [0, 0.05) is 31.4 Å². The molecule has 5 heteroatoms. The summed E-state index contributed by atoms with van der Waals surface area (Å²) in [4.78, 5) is 25.7. The summed E-state index contributed by atoms with van der Waals surface area (Å²) < 4.78 is 0. The number of aryl methyl sites for hydroxylation is 1. The van der Waals surface area contributed by atoms with Crippen molar-refractivity contribution in [1.82, 2.24) is 14.9 Å². The molecule has 0 aliphatic carbocycles. The fourth-order valence-corrected chi connectivity index (χ4v) is 4.02. The molecule has 0 N–H and O–H groups in total. The van der Waals surface area contributed by atoms with Crippen molar-refractivity contribution in [2.24, 2.45) is 5.92 Å². The van der Waals surface area contributed by atoms with Gasteiger partial charge in [0.1, 0.15) is 12.1 Å². The topological polar surface area (TPSA) is 49.3 Å². The minimum atomic E-state index is 0.163. The van der Waals surface area contributed by atoms with Crippen molar-refractivity contribution in [3.63, 3.8) is 0 Å². The number of hydrogen-bond donors (Lipinski definition) is 0. The van der Waals surface area contributed by atoms with Crippen molar-refractivity contribution in [2.75, 3.05) is 24.5 Å². The minimum Gasteiger partial charge on any atom is -0.354 e. The Hall–Kier alpha value is -2.43. The number of amides is 1. The van der Waals surface area contributed by atoms with Gasteiger partial charge < -0.3 is 9.80 Å². The third-order valence-electron chi connectivity index (χ3n) is 5.28. The first-order chi connectivity index (χ1) is 11.7. The zero-order valence-electron chi connectivity index (χ0n) is 13.9. The molecule has 1 aromatic carbocycles. The van der Waals surface area contributed by atoms with E-state index in [0.29, 0.717) is 5.92 Å². The highest BCUT2D eigenvalue weighted by Crippen LogP contribution is 2.34. The van der Waals surface area contributed by atoms with Crippen LogP contribution < -0.4 is 4.90 Å². The summed E-state index contributed by atoms with van der Waals surface area (Å²) in [5.41, 5.74) is 1.93. The second-order valence-corrected chi connectivity index (χ2v) is 6.79. The van der Waals surface area contributed by atoms with Crippen LogP contribution in [0.4, 0.5) is 5.82 Å². The number of carbonyl (C=O) groups excluding carboxylic acids is 1. The monoisotopic (exact) mass is 322 g/mol. The van der Waals surface area contributed by atoms with Gasteiger partial charge in [-0.25, -0.2) is 9.97 Å². The Balaban J connectivity index is 1.54. The molecule has 2 saturated heterocycles. The fourth-order valence-electron chi connectivity index (χ4n) is 4.02. The lowest BCUT2D eigenvalue weighted by atomic mass is 9.92. The fraction of sp³-hybridized carbons (Fsp3) is 0.421. The van der Waals surface area contributed by atoms with Gasteiger partial charge in [-0.15, -0.1) is 0 Å². The van der Waals surface area contributed by atoms with E-state index in [-0.39, 0.29) is 11.9 Å². The molecule has 124 valence electrons. The molecule has 0 saturated carbocycles. The third-order valence-corrected chi connectivity index (χ3v) is 5.28. The SMILES string of the molecule is Cc1cccc(C(=O)N2CCC3CCN(c4ccncn4)CC32)c1. The normalized spacial score (nSPS) is 23.2. The Bertz CT molecular complexity index is 733. The summed E-state index contributed by atoms with van der Waals surface area (Å²) in [7, 11) is 0. The molecule has 0 radical (unpaired) electrons. The lowest BCUT2D eigenvalue weighted by molar-refractivity contribution is 0.0712. The van der Waals surface area contributed by atoms with Gasteiger partial charge in [-0.05, 0) is 43.9 Å². The van der Waals surface area contributed by atoms with E-state index in [1.165, 1.54) is 0 Å². The predicted octanol–water partition coefficient (Wildman–Crippen LogP) is 2.53. The van der Waals surface area contributed by atoms with Crippen LogP contribution in [-0.4, -0.2) is 46.5 Å². The zero-order valence-corrected chi connectivity index (χ0v) is 13.9. The number of benzene rings is 1. The molecule has 1 aromatic heterocycles. The number of carbonyl (C=O) groups is 1. The maximum Gasteiger partial charge on any atom is 0.254 e. The number of likely N-dealkylation sites (tertiary alicyclic amines) is 1. The molecule has 0 bridgehead atoms. The third kappa shape index (κ3) is 2.75. The van der Waals surface area contributed by atoms with Crippen molar-refractivity contribution in [3.05, 3.63) is 54.0 Å². The van der Waals surface area contributed by atoms with Crippen LogP contribution in [0.1, 0.15) is 28.8 Å². The van der Waals surface area contributed by atoms with Crippen LogP contribution in [0.15, 0.2) is 42.9 Å². The highest BCUT2D eigenvalue weighted by atomic mass is 16.2. The van der Waals surface area contributed by atoms with Crippen molar-refractivity contribution in [2.45, 2.75) is 25.8 Å². The van der Waals surface area contributed by atoms with Crippen LogP contribution in [0.3, 0.4) is 0 Å². The zero-order chi connectivity index (χ0) is 16.5. The van der Waals surface area contributed by atoms with E-state index in [0.717, 1.165) is 49.4 Å². The van der Waals surface area contributed by atoms with Gasteiger partial charge in [0.25, 0.3) is 5.91 Å². The quantitative estimate of drug-likeness (QED) is 0.852. The Morgan fingerprint density at radius 3 is 2.88 bits per heavy atom. The van der Waals surface area contributed by atoms with E-state index in [4.69, 9.17) is 0 Å². The number of anilines is 1. The maximum atomic E-state index is 13.0. The highest BCUT2D eigenvalue weighted by molar-refractivity contribution is 5.94. The molecule has 2 unspecified atom stereocenters. The molecule has 3 heterocycles. The Morgan fingerprint density at radius 2 is 2.08 bits per heavy atom. The molecular formula is C19H22N4O. The molecule has 5 nitrogen and oxygen atoms in total. The van der Waals surface area contributed by atoms with Crippen LogP contribution in [0.5, 0.6) is 0 Å². The smallest absolute Gasteiger partial charge is 0.254 e. The van der Waals surface area contributed by atoms with Crippen LogP contribution in [0.25, 0.3) is 0 Å². The number of fused-ring (bicyclic) bond motifs is 1. The molecule has 2 aliphatic heterocycles. The molecule has 0 spiro atoms. The van der Waals surface area contributed by atoms with E-state index in [9.17, 15) is 4.79 Å². The first kappa shape index (κ1) is 15.1. The molecule has 2 atom stereocenters. The van der Waals surface area contributed by atoms with Gasteiger partial charge in [-0.3, -0.25) is 4.79 Å². The number of piperidine rings is 1. The second kappa shape index (κ2) is 6.23. The standard InChI is InChI=1S/C19H22N4O/c1-14-3-2-4-16(11-14)19(24)23-10-7-15-6-9-22(12-17(15)23)18-5-8-20-13-21-18/h2-5,8,11,13,15,17H,6-7,9-10,12H2,1H3. The summed E-state index contributed by atoms with van der Waals surface area (Å²) in [6.07, 6.45) is 5.59. The summed E-state index contributed by atoms with van der Waals surface area (Å²) in [5.74, 6) is 1.73. The van der Waals surface area contributed by atoms with E-state index < -0.39 is 0 Å². The number of aromatic nitrogens is 2. The van der Waals surface area contributed by atoms with Gasteiger partial charge in [-0.2, -0.15) is 0 Å². The lowest BCUT2D eigenvalue weighted by Crippen LogP contribution is -2.50. The average molecular weight is 322 g/mol. The molecule has 1 amide bonds. The first-order valence-corrected chi connectivity index (χ1v) is 8.61. The molecule has 4 rings (SSSR count). The Labute approximate surface area is 142 Å². The van der Waals surface area contributed by atoms with Gasteiger partial charge >= 0.3 is 0 Å². The molecule has 2 aliphatic rings. The Kier molecular flexibility index (Phi) is 3.92. The van der Waals surface area contributed by atoms with Crippen LogP contribution in [0.2, 0.25) is 0 Å². The van der Waals surface area contributed by atoms with E-state index in [1.54, 1.807) is 12.5 Å². The summed E-state index contributed by atoms with van der Waals surface area (Å²) in [6, 6.07) is 10.1. The van der Waals surface area contributed by atoms with Crippen LogP contribution in [0, 0.1) is 12.8 Å². The summed E-state index contributed by atoms with van der Waals surface area (Å²) >= 11 is 0. The Morgan fingerprint density at radius 1 is 1.21 bits per heavy atom. The van der Waals surface area contributed by atoms with Crippen molar-refractivity contribution in [1.29, 1.82) is 0 Å². The van der Waals surface area contributed by atoms with Gasteiger partial charge in [0.05, 0.1) is 6.04 Å². The molecule has 2 aromatic rings. The molecule has 2 fully saturated rings. The largest absolute Gasteiger partial charge is 0.354 e. The number of hydrogen-bond acceptors (Lipinski definition) is 4. The van der Waals surface area contributed by atoms with Gasteiger partial charge in [0.2, 0.25) is 0 Å². The number of nitrogens with zero attached hydrogens (tertiary/aromatic N) is 4. The maximum absolute atomic E-state index is 13.0. The lowest BCUT2D eigenvalue weighted by Gasteiger charge is -2.39. The van der Waals surface area contributed by atoms with Crippen molar-refractivity contribution in [3.8, 4) is 0 Å².